The minimum Gasteiger partial charge on any atom is -0.0616 e. The number of aryl methyl sites for hydroxylation is 2. The molecule has 8 aromatic rings. The van der Waals surface area contributed by atoms with E-state index < -0.39 is 0 Å². The Hall–Kier alpha value is -4.94. The second-order valence-corrected chi connectivity index (χ2v) is 11.1. The first-order valence-electron chi connectivity index (χ1n) is 14.0. The van der Waals surface area contributed by atoms with E-state index in [0.717, 1.165) is 0 Å². The van der Waals surface area contributed by atoms with E-state index in [1.54, 1.807) is 0 Å². The lowest BCUT2D eigenvalue weighted by Gasteiger charge is -2.19. The smallest absolute Gasteiger partial charge is 0.00259 e. The van der Waals surface area contributed by atoms with Gasteiger partial charge in [-0.15, -0.1) is 0 Å². The molecule has 8 aromatic carbocycles. The molecule has 0 aliphatic rings. The van der Waals surface area contributed by atoms with Crippen molar-refractivity contribution in [2.45, 2.75) is 13.8 Å². The molecule has 0 saturated heterocycles. The van der Waals surface area contributed by atoms with Crippen LogP contribution in [-0.2, 0) is 0 Å². The predicted octanol–water partition coefficient (Wildman–Crippen LogP) is 11.4. The molecule has 188 valence electrons. The van der Waals surface area contributed by atoms with E-state index in [-0.39, 0.29) is 0 Å². The summed E-state index contributed by atoms with van der Waals surface area (Å²) in [6, 6.07) is 49.6. The molecule has 0 aromatic heterocycles. The summed E-state index contributed by atoms with van der Waals surface area (Å²) in [6.45, 7) is 4.42. The largest absolute Gasteiger partial charge is 0.0616 e. The normalized spacial score (nSPS) is 11.8. The number of hydrogen-bond donors (Lipinski definition) is 0. The second-order valence-electron chi connectivity index (χ2n) is 11.1. The topological polar surface area (TPSA) is 0 Å². The van der Waals surface area contributed by atoms with E-state index in [9.17, 15) is 0 Å². The van der Waals surface area contributed by atoms with Crippen LogP contribution < -0.4 is 0 Å². The fourth-order valence-electron chi connectivity index (χ4n) is 6.51. The number of hydrogen-bond acceptors (Lipinski definition) is 0. The highest BCUT2D eigenvalue weighted by Crippen LogP contribution is 2.46. The van der Waals surface area contributed by atoms with E-state index in [1.807, 2.05) is 0 Å². The van der Waals surface area contributed by atoms with Crippen molar-refractivity contribution >= 4 is 53.9 Å². The van der Waals surface area contributed by atoms with E-state index in [1.165, 1.54) is 87.2 Å². The van der Waals surface area contributed by atoms with Crippen LogP contribution in [0.5, 0.6) is 0 Å². The quantitative estimate of drug-likeness (QED) is 0.204. The highest BCUT2D eigenvalue weighted by atomic mass is 14.2. The fourth-order valence-corrected chi connectivity index (χ4v) is 6.51. The van der Waals surface area contributed by atoms with E-state index in [4.69, 9.17) is 0 Å². The van der Waals surface area contributed by atoms with Crippen molar-refractivity contribution in [3.63, 3.8) is 0 Å². The lowest BCUT2D eigenvalue weighted by molar-refractivity contribution is 1.37. The van der Waals surface area contributed by atoms with Crippen LogP contribution in [0.2, 0.25) is 0 Å². The minimum absolute atomic E-state index is 1.26. The summed E-state index contributed by atoms with van der Waals surface area (Å²) >= 11 is 0. The van der Waals surface area contributed by atoms with Crippen molar-refractivity contribution < 1.29 is 0 Å². The Bertz CT molecular complexity index is 2120. The molecule has 0 atom stereocenters. The third kappa shape index (κ3) is 3.53. The summed E-state index contributed by atoms with van der Waals surface area (Å²) in [5, 5.41) is 12.8. The SMILES string of the molecule is Cc1cc2cc3c(-c4ccc5ccccc5c4)c4ccccc4c(-c4ccc5ccccc5c4)c3cc2cc1C. The fraction of sp³-hybridized carbons (Fsp3) is 0.0500. The number of benzene rings is 8. The van der Waals surface area contributed by atoms with Gasteiger partial charge in [0.15, 0.2) is 0 Å². The van der Waals surface area contributed by atoms with Crippen molar-refractivity contribution in [3.8, 4) is 22.3 Å². The van der Waals surface area contributed by atoms with Crippen molar-refractivity contribution in [1.82, 2.24) is 0 Å². The molecule has 0 aliphatic carbocycles. The predicted molar refractivity (Wildman–Crippen MR) is 174 cm³/mol. The van der Waals surface area contributed by atoms with Gasteiger partial charge in [-0.2, -0.15) is 0 Å². The zero-order valence-corrected chi connectivity index (χ0v) is 22.7. The molecule has 0 amide bonds. The molecule has 0 radical (unpaired) electrons. The Labute approximate surface area is 234 Å². The molecule has 40 heavy (non-hydrogen) atoms. The van der Waals surface area contributed by atoms with Gasteiger partial charge in [-0.3, -0.25) is 0 Å². The van der Waals surface area contributed by atoms with Crippen LogP contribution in [0.3, 0.4) is 0 Å². The van der Waals surface area contributed by atoms with Crippen molar-refractivity contribution in [3.05, 3.63) is 145 Å². The standard InChI is InChI=1S/C40H28/c1-25-19-33-23-37-38(24-34(33)20-26(25)2)40(32-18-16-28-10-4-6-12-30(28)22-32)36-14-8-7-13-35(36)39(37)31-17-15-27-9-3-5-11-29(27)21-31/h3-24H,1-2H3. The molecule has 0 saturated carbocycles. The van der Waals surface area contributed by atoms with Crippen LogP contribution in [0.1, 0.15) is 11.1 Å². The first-order chi connectivity index (χ1) is 19.6. The summed E-state index contributed by atoms with van der Waals surface area (Å²) < 4.78 is 0. The van der Waals surface area contributed by atoms with Crippen molar-refractivity contribution in [2.75, 3.05) is 0 Å². The van der Waals surface area contributed by atoms with Gasteiger partial charge in [0.05, 0.1) is 0 Å². The number of fused-ring (bicyclic) bond motifs is 5. The lowest BCUT2D eigenvalue weighted by atomic mass is 9.84. The van der Waals surface area contributed by atoms with Crippen LogP contribution in [0.25, 0.3) is 76.1 Å². The molecule has 8 rings (SSSR count). The van der Waals surface area contributed by atoms with Crippen LogP contribution in [-0.4, -0.2) is 0 Å². The molecular formula is C40H28. The van der Waals surface area contributed by atoms with Gasteiger partial charge in [0.1, 0.15) is 0 Å². The summed E-state index contributed by atoms with van der Waals surface area (Å²) in [5.74, 6) is 0. The summed E-state index contributed by atoms with van der Waals surface area (Å²) in [7, 11) is 0. The second kappa shape index (κ2) is 8.79. The molecule has 0 bridgehead atoms. The highest BCUT2D eigenvalue weighted by molar-refractivity contribution is 6.24. The van der Waals surface area contributed by atoms with E-state index in [0.29, 0.717) is 0 Å². The summed E-state index contributed by atoms with van der Waals surface area (Å²) in [6.07, 6.45) is 0. The summed E-state index contributed by atoms with van der Waals surface area (Å²) in [4.78, 5) is 0. The first-order valence-corrected chi connectivity index (χ1v) is 14.0. The van der Waals surface area contributed by atoms with Crippen LogP contribution >= 0.6 is 0 Å². The molecular weight excluding hydrogens is 480 g/mol. The maximum atomic E-state index is 2.43. The minimum atomic E-state index is 1.26. The molecule has 0 spiro atoms. The third-order valence-corrected chi connectivity index (χ3v) is 8.67. The maximum absolute atomic E-state index is 2.43. The molecule has 0 fully saturated rings. The average Bonchev–Trinajstić information content (AvgIpc) is 2.99. The Kier molecular flexibility index (Phi) is 5.06. The third-order valence-electron chi connectivity index (χ3n) is 8.67. The Morgan fingerprint density at radius 3 is 1.15 bits per heavy atom. The lowest BCUT2D eigenvalue weighted by Crippen LogP contribution is -1.92. The van der Waals surface area contributed by atoms with Crippen LogP contribution in [0.4, 0.5) is 0 Å². The van der Waals surface area contributed by atoms with E-state index >= 15 is 0 Å². The van der Waals surface area contributed by atoms with Gasteiger partial charge in [-0.25, -0.2) is 0 Å². The van der Waals surface area contributed by atoms with Gasteiger partial charge in [-0.05, 0) is 125 Å². The average molecular weight is 509 g/mol. The van der Waals surface area contributed by atoms with Gasteiger partial charge in [0.2, 0.25) is 0 Å². The molecule has 0 unspecified atom stereocenters. The van der Waals surface area contributed by atoms with Gasteiger partial charge in [-0.1, -0.05) is 109 Å². The summed E-state index contributed by atoms with van der Waals surface area (Å²) in [5.41, 5.74) is 7.78. The molecule has 0 heteroatoms. The zero-order chi connectivity index (χ0) is 26.8. The zero-order valence-electron chi connectivity index (χ0n) is 22.7. The first kappa shape index (κ1) is 23.0. The van der Waals surface area contributed by atoms with E-state index in [2.05, 4.69) is 147 Å². The molecule has 0 aliphatic heterocycles. The molecule has 0 N–H and O–H groups in total. The van der Waals surface area contributed by atoms with Crippen LogP contribution in [0.15, 0.2) is 133 Å². The molecule has 0 heterocycles. The Morgan fingerprint density at radius 1 is 0.300 bits per heavy atom. The molecule has 0 nitrogen and oxygen atoms in total. The number of rotatable bonds is 2. The maximum Gasteiger partial charge on any atom is -0.00259 e. The monoisotopic (exact) mass is 508 g/mol. The van der Waals surface area contributed by atoms with Gasteiger partial charge >= 0.3 is 0 Å². The highest BCUT2D eigenvalue weighted by Gasteiger charge is 2.18. The van der Waals surface area contributed by atoms with Gasteiger partial charge < -0.3 is 0 Å². The van der Waals surface area contributed by atoms with Crippen molar-refractivity contribution in [1.29, 1.82) is 0 Å². The van der Waals surface area contributed by atoms with Crippen LogP contribution in [0, 0.1) is 13.8 Å². The van der Waals surface area contributed by atoms with Gasteiger partial charge in [0, 0.05) is 0 Å². The van der Waals surface area contributed by atoms with Gasteiger partial charge in [0.25, 0.3) is 0 Å². The Balaban J connectivity index is 1.57. The Morgan fingerprint density at radius 2 is 0.700 bits per heavy atom. The van der Waals surface area contributed by atoms with Crippen molar-refractivity contribution in [2.24, 2.45) is 0 Å².